The summed E-state index contributed by atoms with van der Waals surface area (Å²) in [6, 6.07) is 17.3. The van der Waals surface area contributed by atoms with Crippen LogP contribution in [0.2, 0.25) is 5.02 Å². The summed E-state index contributed by atoms with van der Waals surface area (Å²) < 4.78 is 0. The Morgan fingerprint density at radius 2 is 1.64 bits per heavy atom. The molecule has 1 atom stereocenters. The second-order valence-corrected chi connectivity index (χ2v) is 6.52. The minimum atomic E-state index is 0.386. The lowest BCUT2D eigenvalue weighted by Gasteiger charge is -2.18. The molecule has 2 aromatic rings. The number of rotatable bonds is 5. The maximum absolute atomic E-state index is 6.31. The second kappa shape index (κ2) is 6.71. The molecule has 22 heavy (non-hydrogen) atoms. The van der Waals surface area contributed by atoms with E-state index >= 15 is 0 Å². The van der Waals surface area contributed by atoms with E-state index in [9.17, 15) is 0 Å². The van der Waals surface area contributed by atoms with Gasteiger partial charge in [0.05, 0.1) is 0 Å². The van der Waals surface area contributed by atoms with Gasteiger partial charge in [0.2, 0.25) is 0 Å². The Kier molecular flexibility index (Phi) is 4.69. The average Bonchev–Trinajstić information content (AvgIpc) is 2.82. The van der Waals surface area contributed by atoms with E-state index in [2.05, 4.69) is 56.3 Å². The third-order valence-corrected chi connectivity index (χ3v) is 4.77. The zero-order chi connectivity index (χ0) is 15.5. The molecule has 114 valence electrons. The van der Waals surface area contributed by atoms with E-state index in [1.807, 2.05) is 6.07 Å². The van der Waals surface area contributed by atoms with Gasteiger partial charge >= 0.3 is 0 Å². The molecule has 0 spiro atoms. The third-order valence-electron chi connectivity index (χ3n) is 4.54. The zero-order valence-electron chi connectivity index (χ0n) is 13.4. The summed E-state index contributed by atoms with van der Waals surface area (Å²) >= 11 is 6.31. The fraction of sp³-hybridized carbons (Fsp3) is 0.333. The lowest BCUT2D eigenvalue weighted by Crippen LogP contribution is -2.01. The van der Waals surface area contributed by atoms with E-state index in [-0.39, 0.29) is 0 Å². The first-order chi connectivity index (χ1) is 10.8. The molecular weight excluding hydrogens is 288 g/mol. The molecular formula is C21H23Cl. The first kappa shape index (κ1) is 15.4. The monoisotopic (exact) mass is 310 g/mol. The van der Waals surface area contributed by atoms with Crippen LogP contribution in [-0.2, 0) is 0 Å². The molecule has 1 aliphatic carbocycles. The molecule has 0 nitrogen and oxygen atoms in total. The van der Waals surface area contributed by atoms with Gasteiger partial charge < -0.3 is 0 Å². The summed E-state index contributed by atoms with van der Waals surface area (Å²) in [5.41, 5.74) is 7.37. The van der Waals surface area contributed by atoms with Gasteiger partial charge in [0.25, 0.3) is 0 Å². The minimum absolute atomic E-state index is 0.386. The van der Waals surface area contributed by atoms with Gasteiger partial charge in [-0.3, -0.25) is 0 Å². The molecule has 0 radical (unpaired) electrons. The Morgan fingerprint density at radius 1 is 0.909 bits per heavy atom. The molecule has 0 saturated heterocycles. The summed E-state index contributed by atoms with van der Waals surface area (Å²) in [4.78, 5) is 0. The Labute approximate surface area is 138 Å². The number of benzene rings is 2. The topological polar surface area (TPSA) is 0 Å². The van der Waals surface area contributed by atoms with Gasteiger partial charge in [0.1, 0.15) is 0 Å². The molecule has 0 aromatic heterocycles. The minimum Gasteiger partial charge on any atom is -0.0843 e. The van der Waals surface area contributed by atoms with Crippen molar-refractivity contribution in [3.63, 3.8) is 0 Å². The van der Waals surface area contributed by atoms with Crippen molar-refractivity contribution in [2.75, 3.05) is 0 Å². The van der Waals surface area contributed by atoms with Gasteiger partial charge in [-0.1, -0.05) is 80.3 Å². The van der Waals surface area contributed by atoms with Crippen molar-refractivity contribution in [2.24, 2.45) is 0 Å². The fourth-order valence-corrected chi connectivity index (χ4v) is 3.90. The van der Waals surface area contributed by atoms with E-state index in [1.165, 1.54) is 36.0 Å². The molecule has 1 aliphatic rings. The van der Waals surface area contributed by atoms with E-state index < -0.39 is 0 Å². The van der Waals surface area contributed by atoms with Crippen molar-refractivity contribution in [1.29, 1.82) is 0 Å². The van der Waals surface area contributed by atoms with Crippen molar-refractivity contribution in [3.05, 3.63) is 75.8 Å². The van der Waals surface area contributed by atoms with Crippen molar-refractivity contribution in [3.8, 4) is 0 Å². The van der Waals surface area contributed by atoms with Gasteiger partial charge in [0, 0.05) is 10.9 Å². The Balaban J connectivity index is 2.19. The van der Waals surface area contributed by atoms with Gasteiger partial charge in [-0.25, -0.2) is 0 Å². The molecule has 1 unspecified atom stereocenters. The van der Waals surface area contributed by atoms with Gasteiger partial charge in [-0.2, -0.15) is 0 Å². The molecule has 3 rings (SSSR count). The van der Waals surface area contributed by atoms with E-state index in [1.54, 1.807) is 11.1 Å². The largest absolute Gasteiger partial charge is 0.0843 e. The van der Waals surface area contributed by atoms with Gasteiger partial charge in [0.15, 0.2) is 0 Å². The van der Waals surface area contributed by atoms with Crippen LogP contribution in [0.5, 0.6) is 0 Å². The molecule has 2 aromatic carbocycles. The highest BCUT2D eigenvalue weighted by atomic mass is 35.5. The maximum Gasteiger partial charge on any atom is 0.0409 e. The molecule has 0 saturated carbocycles. The summed E-state index contributed by atoms with van der Waals surface area (Å²) in [6.07, 6.45) is 4.70. The van der Waals surface area contributed by atoms with Crippen molar-refractivity contribution in [2.45, 2.75) is 45.4 Å². The van der Waals surface area contributed by atoms with Crippen LogP contribution >= 0.6 is 11.6 Å². The molecule has 0 fully saturated rings. The first-order valence-corrected chi connectivity index (χ1v) is 8.70. The smallest absolute Gasteiger partial charge is 0.0409 e. The van der Waals surface area contributed by atoms with Crippen LogP contribution in [0.4, 0.5) is 0 Å². The fourth-order valence-electron chi connectivity index (χ4n) is 3.72. The van der Waals surface area contributed by atoms with Crippen LogP contribution < -0.4 is 0 Å². The summed E-state index contributed by atoms with van der Waals surface area (Å²) in [5.74, 6) is 0.386. The number of fused-ring (bicyclic) bond motifs is 1. The Bertz CT molecular complexity index is 682. The highest BCUT2D eigenvalue weighted by molar-refractivity contribution is 6.30. The molecule has 0 amide bonds. The number of hydrogen-bond donors (Lipinski definition) is 0. The first-order valence-electron chi connectivity index (χ1n) is 8.33. The normalized spacial score (nSPS) is 17.0. The average molecular weight is 311 g/mol. The second-order valence-electron chi connectivity index (χ2n) is 6.08. The van der Waals surface area contributed by atoms with E-state index in [0.717, 1.165) is 11.4 Å². The Morgan fingerprint density at radius 3 is 2.32 bits per heavy atom. The number of hydrogen-bond acceptors (Lipinski definition) is 0. The molecule has 1 heteroatoms. The highest BCUT2D eigenvalue weighted by Crippen LogP contribution is 2.49. The Hall–Kier alpha value is -1.53. The number of allylic oxidation sites excluding steroid dienone is 2. The number of halogens is 1. The van der Waals surface area contributed by atoms with E-state index in [0.29, 0.717) is 5.92 Å². The lowest BCUT2D eigenvalue weighted by atomic mass is 9.86. The van der Waals surface area contributed by atoms with Gasteiger partial charge in [-0.05, 0) is 47.2 Å². The summed E-state index contributed by atoms with van der Waals surface area (Å²) in [6.45, 7) is 4.54. The molecule has 0 heterocycles. The van der Waals surface area contributed by atoms with Gasteiger partial charge in [-0.15, -0.1) is 0 Å². The zero-order valence-corrected chi connectivity index (χ0v) is 14.2. The van der Waals surface area contributed by atoms with Crippen LogP contribution in [0, 0.1) is 0 Å². The molecule has 0 aliphatic heterocycles. The van der Waals surface area contributed by atoms with Crippen LogP contribution in [0.1, 0.15) is 62.1 Å². The molecule has 0 N–H and O–H groups in total. The third kappa shape index (κ3) is 2.73. The highest BCUT2D eigenvalue weighted by Gasteiger charge is 2.31. The standard InChI is InChI=1S/C21H23Cl/c1-3-8-17-18-13-12-16(22)14-20(18)21(19(17)9-4-2)15-10-6-5-7-11-15/h5-7,10-14,21H,3-4,8-9H2,1-2H3. The molecule has 0 bridgehead atoms. The van der Waals surface area contributed by atoms with Crippen molar-refractivity contribution in [1.82, 2.24) is 0 Å². The predicted octanol–water partition coefficient (Wildman–Crippen LogP) is 6.84. The van der Waals surface area contributed by atoms with Crippen LogP contribution in [0.25, 0.3) is 5.57 Å². The maximum atomic E-state index is 6.31. The SMILES string of the molecule is CCCC1=C(CCC)C(c2ccccc2)c2cc(Cl)ccc21. The van der Waals surface area contributed by atoms with E-state index in [4.69, 9.17) is 11.6 Å². The lowest BCUT2D eigenvalue weighted by molar-refractivity contribution is 0.820. The van der Waals surface area contributed by atoms with Crippen LogP contribution in [-0.4, -0.2) is 0 Å². The predicted molar refractivity (Wildman–Crippen MR) is 96.5 cm³/mol. The van der Waals surface area contributed by atoms with Crippen molar-refractivity contribution < 1.29 is 0 Å². The summed E-state index contributed by atoms with van der Waals surface area (Å²) in [5, 5.41) is 0.841. The van der Waals surface area contributed by atoms with Crippen molar-refractivity contribution >= 4 is 17.2 Å². The summed E-state index contributed by atoms with van der Waals surface area (Å²) in [7, 11) is 0. The van der Waals surface area contributed by atoms with Crippen LogP contribution in [0.15, 0.2) is 54.1 Å². The quantitative estimate of drug-likeness (QED) is 0.567. The van der Waals surface area contributed by atoms with Crippen LogP contribution in [0.3, 0.4) is 0 Å².